The molecule has 2 unspecified atom stereocenters. The topological polar surface area (TPSA) is 65.5 Å². The quantitative estimate of drug-likeness (QED) is 0.883. The Morgan fingerprint density at radius 3 is 2.52 bits per heavy atom. The monoisotopic (exact) mass is 333 g/mol. The summed E-state index contributed by atoms with van der Waals surface area (Å²) in [6, 6.07) is 9.81. The molecule has 2 rings (SSSR count). The molecule has 0 fully saturated rings. The fourth-order valence-corrected chi connectivity index (χ4v) is 2.25. The van der Waals surface area contributed by atoms with Crippen LogP contribution in [0.4, 0.5) is 5.82 Å². The first-order valence-electron chi connectivity index (χ1n) is 7.26. The number of aliphatic hydroxyl groups excluding tert-OH is 1. The summed E-state index contributed by atoms with van der Waals surface area (Å²) in [4.78, 5) is 18.3. The standard InChI is InChI=1S/C17H20ClN3O2/c1-11(16(22)12-4-6-14(18)7-5-12)20-17(23)13-8-9-19-15(10-13)21(2)3/h4-11,16,22H,1-3H3,(H,20,23). The van der Waals surface area contributed by atoms with Gasteiger partial charge in [0.1, 0.15) is 5.82 Å². The summed E-state index contributed by atoms with van der Waals surface area (Å²) in [6.07, 6.45) is 0.774. The Balaban J connectivity index is 2.07. The van der Waals surface area contributed by atoms with Crippen LogP contribution < -0.4 is 10.2 Å². The predicted molar refractivity (Wildman–Crippen MR) is 91.9 cm³/mol. The Morgan fingerprint density at radius 1 is 1.26 bits per heavy atom. The molecule has 23 heavy (non-hydrogen) atoms. The summed E-state index contributed by atoms with van der Waals surface area (Å²) in [6.45, 7) is 1.76. The molecule has 5 nitrogen and oxygen atoms in total. The van der Waals surface area contributed by atoms with E-state index >= 15 is 0 Å². The van der Waals surface area contributed by atoms with Gasteiger partial charge in [0.25, 0.3) is 5.91 Å². The number of benzene rings is 1. The Kier molecular flexibility index (Phi) is 5.58. The van der Waals surface area contributed by atoms with Gasteiger partial charge < -0.3 is 15.3 Å². The van der Waals surface area contributed by atoms with Gasteiger partial charge in [-0.25, -0.2) is 4.98 Å². The second kappa shape index (κ2) is 7.44. The number of anilines is 1. The molecule has 0 aliphatic carbocycles. The van der Waals surface area contributed by atoms with Gasteiger partial charge in [-0.1, -0.05) is 23.7 Å². The molecule has 122 valence electrons. The Morgan fingerprint density at radius 2 is 1.91 bits per heavy atom. The van der Waals surface area contributed by atoms with E-state index in [9.17, 15) is 9.90 Å². The van der Waals surface area contributed by atoms with Gasteiger partial charge >= 0.3 is 0 Å². The van der Waals surface area contributed by atoms with E-state index in [1.807, 2.05) is 19.0 Å². The number of carbonyl (C=O) groups is 1. The van der Waals surface area contributed by atoms with Gasteiger partial charge in [-0.3, -0.25) is 4.79 Å². The molecule has 0 saturated carbocycles. The molecule has 1 amide bonds. The van der Waals surface area contributed by atoms with E-state index < -0.39 is 12.1 Å². The Labute approximate surface area is 140 Å². The maximum absolute atomic E-state index is 12.3. The van der Waals surface area contributed by atoms with E-state index in [1.165, 1.54) is 0 Å². The number of hydrogen-bond acceptors (Lipinski definition) is 4. The lowest BCUT2D eigenvalue weighted by Gasteiger charge is -2.21. The average molecular weight is 334 g/mol. The number of amides is 1. The third-order valence-corrected chi connectivity index (χ3v) is 3.76. The van der Waals surface area contributed by atoms with Crippen molar-refractivity contribution in [1.82, 2.24) is 10.3 Å². The first kappa shape index (κ1) is 17.2. The van der Waals surface area contributed by atoms with Crippen LogP contribution in [0.15, 0.2) is 42.6 Å². The van der Waals surface area contributed by atoms with Crippen molar-refractivity contribution < 1.29 is 9.90 Å². The Hall–Kier alpha value is -2.11. The number of nitrogens with one attached hydrogen (secondary N) is 1. The van der Waals surface area contributed by atoms with Gasteiger partial charge in [0.15, 0.2) is 0 Å². The predicted octanol–water partition coefficient (Wildman–Crippen LogP) is 2.65. The van der Waals surface area contributed by atoms with Crippen molar-refractivity contribution in [2.45, 2.75) is 19.1 Å². The van der Waals surface area contributed by atoms with Crippen molar-refractivity contribution in [3.63, 3.8) is 0 Å². The fourth-order valence-electron chi connectivity index (χ4n) is 2.12. The van der Waals surface area contributed by atoms with Crippen LogP contribution in [0.1, 0.15) is 28.9 Å². The minimum absolute atomic E-state index is 0.254. The third-order valence-electron chi connectivity index (χ3n) is 3.51. The van der Waals surface area contributed by atoms with Crippen LogP contribution in [-0.4, -0.2) is 36.1 Å². The van der Waals surface area contributed by atoms with E-state index in [0.29, 0.717) is 22.0 Å². The van der Waals surface area contributed by atoms with Gasteiger partial charge in [0, 0.05) is 30.9 Å². The molecule has 2 atom stereocenters. The lowest BCUT2D eigenvalue weighted by atomic mass is 10.0. The Bertz CT molecular complexity index is 674. The van der Waals surface area contributed by atoms with Crippen LogP contribution in [0, 0.1) is 0 Å². The minimum Gasteiger partial charge on any atom is -0.386 e. The molecular weight excluding hydrogens is 314 g/mol. The number of carbonyl (C=O) groups excluding carboxylic acids is 1. The first-order valence-corrected chi connectivity index (χ1v) is 7.64. The van der Waals surface area contributed by atoms with Gasteiger partial charge in [-0.2, -0.15) is 0 Å². The number of aromatic nitrogens is 1. The maximum Gasteiger partial charge on any atom is 0.251 e. The highest BCUT2D eigenvalue weighted by Gasteiger charge is 2.19. The molecule has 1 aromatic heterocycles. The highest BCUT2D eigenvalue weighted by Crippen LogP contribution is 2.19. The number of nitrogens with zero attached hydrogens (tertiary/aromatic N) is 2. The fraction of sp³-hybridized carbons (Fsp3) is 0.294. The number of rotatable bonds is 5. The zero-order valence-corrected chi connectivity index (χ0v) is 14.1. The molecular formula is C17H20ClN3O2. The second-order valence-corrected chi connectivity index (χ2v) is 5.99. The SMILES string of the molecule is CC(NC(=O)c1ccnc(N(C)C)c1)C(O)c1ccc(Cl)cc1. The van der Waals surface area contributed by atoms with Crippen LogP contribution in [0.5, 0.6) is 0 Å². The summed E-state index contributed by atoms with van der Waals surface area (Å²) >= 11 is 5.84. The van der Waals surface area contributed by atoms with Crippen LogP contribution in [0.25, 0.3) is 0 Å². The highest BCUT2D eigenvalue weighted by atomic mass is 35.5. The van der Waals surface area contributed by atoms with Gasteiger partial charge in [0.05, 0.1) is 12.1 Å². The minimum atomic E-state index is -0.814. The summed E-state index contributed by atoms with van der Waals surface area (Å²) in [5.74, 6) is 0.444. The van der Waals surface area contributed by atoms with Crippen molar-refractivity contribution in [3.05, 3.63) is 58.7 Å². The maximum atomic E-state index is 12.3. The zero-order valence-electron chi connectivity index (χ0n) is 13.3. The largest absolute Gasteiger partial charge is 0.386 e. The van der Waals surface area contributed by atoms with E-state index in [4.69, 9.17) is 11.6 Å². The molecule has 0 bridgehead atoms. The lowest BCUT2D eigenvalue weighted by molar-refractivity contribution is 0.0852. The number of aliphatic hydroxyl groups is 1. The van der Waals surface area contributed by atoms with Crippen LogP contribution in [-0.2, 0) is 0 Å². The van der Waals surface area contributed by atoms with E-state index in [1.54, 1.807) is 49.5 Å². The van der Waals surface area contributed by atoms with Gasteiger partial charge in [-0.15, -0.1) is 0 Å². The molecule has 0 saturated heterocycles. The van der Waals surface area contributed by atoms with E-state index in [0.717, 1.165) is 0 Å². The van der Waals surface area contributed by atoms with Crippen molar-refractivity contribution in [2.24, 2.45) is 0 Å². The molecule has 0 spiro atoms. The molecule has 0 aliphatic rings. The van der Waals surface area contributed by atoms with Gasteiger partial charge in [0.2, 0.25) is 0 Å². The molecule has 2 N–H and O–H groups in total. The molecule has 6 heteroatoms. The van der Waals surface area contributed by atoms with E-state index in [2.05, 4.69) is 10.3 Å². The molecule has 0 radical (unpaired) electrons. The average Bonchev–Trinajstić information content (AvgIpc) is 2.54. The third kappa shape index (κ3) is 4.43. The van der Waals surface area contributed by atoms with Crippen molar-refractivity contribution in [3.8, 4) is 0 Å². The zero-order chi connectivity index (χ0) is 17.0. The lowest BCUT2D eigenvalue weighted by Crippen LogP contribution is -2.37. The summed E-state index contributed by atoms with van der Waals surface area (Å²) in [7, 11) is 3.72. The summed E-state index contributed by atoms with van der Waals surface area (Å²) < 4.78 is 0. The van der Waals surface area contributed by atoms with Crippen LogP contribution in [0.3, 0.4) is 0 Å². The normalized spacial score (nSPS) is 13.3. The second-order valence-electron chi connectivity index (χ2n) is 5.56. The smallest absolute Gasteiger partial charge is 0.251 e. The summed E-state index contributed by atoms with van der Waals surface area (Å²) in [5, 5.41) is 13.7. The van der Waals surface area contributed by atoms with Crippen LogP contribution >= 0.6 is 11.6 Å². The van der Waals surface area contributed by atoms with Gasteiger partial charge in [-0.05, 0) is 36.8 Å². The molecule has 0 aliphatic heterocycles. The molecule has 1 aromatic carbocycles. The number of hydrogen-bond donors (Lipinski definition) is 2. The van der Waals surface area contributed by atoms with Crippen molar-refractivity contribution in [1.29, 1.82) is 0 Å². The van der Waals surface area contributed by atoms with Crippen molar-refractivity contribution in [2.75, 3.05) is 19.0 Å². The summed E-state index contributed by atoms with van der Waals surface area (Å²) in [5.41, 5.74) is 1.20. The molecule has 1 heterocycles. The van der Waals surface area contributed by atoms with Crippen LogP contribution in [0.2, 0.25) is 5.02 Å². The molecule has 2 aromatic rings. The highest BCUT2D eigenvalue weighted by molar-refractivity contribution is 6.30. The first-order chi connectivity index (χ1) is 10.9. The number of halogens is 1. The van der Waals surface area contributed by atoms with E-state index in [-0.39, 0.29) is 5.91 Å². The number of pyridine rings is 1. The van der Waals surface area contributed by atoms with Crippen molar-refractivity contribution >= 4 is 23.3 Å².